The van der Waals surface area contributed by atoms with Crippen LogP contribution in [0.25, 0.3) is 0 Å². The maximum atomic E-state index is 11.9. The van der Waals surface area contributed by atoms with Gasteiger partial charge in [-0.25, -0.2) is 12.7 Å². The van der Waals surface area contributed by atoms with E-state index in [1.165, 1.54) is 26.2 Å². The Morgan fingerprint density at radius 1 is 1.39 bits per heavy atom. The fourth-order valence-electron chi connectivity index (χ4n) is 1.19. The summed E-state index contributed by atoms with van der Waals surface area (Å²) in [5, 5.41) is 2.62. The lowest BCUT2D eigenvalue weighted by molar-refractivity contribution is -0.115. The summed E-state index contributed by atoms with van der Waals surface area (Å²) < 4.78 is 24.9. The summed E-state index contributed by atoms with van der Waals surface area (Å²) >= 11 is 3.14. The van der Waals surface area contributed by atoms with Gasteiger partial charge in [0.15, 0.2) is 0 Å². The van der Waals surface area contributed by atoms with E-state index in [0.717, 1.165) is 4.31 Å². The first-order valence-corrected chi connectivity index (χ1v) is 7.58. The summed E-state index contributed by atoms with van der Waals surface area (Å²) in [7, 11) is -0.566. The second kappa shape index (κ2) is 5.81. The molecule has 0 radical (unpaired) electrons. The summed E-state index contributed by atoms with van der Waals surface area (Å²) in [6.45, 7) is 1.69. The maximum absolute atomic E-state index is 11.9. The van der Waals surface area contributed by atoms with Gasteiger partial charge in [0.1, 0.15) is 0 Å². The molecule has 0 saturated heterocycles. The minimum atomic E-state index is -3.49. The average molecular weight is 335 g/mol. The number of amides is 1. The molecule has 0 aliphatic rings. The molecular formula is C11H15BrN2O3S. The first kappa shape index (κ1) is 15.1. The van der Waals surface area contributed by atoms with E-state index in [2.05, 4.69) is 21.2 Å². The van der Waals surface area contributed by atoms with Gasteiger partial charge in [0.25, 0.3) is 0 Å². The summed E-state index contributed by atoms with van der Waals surface area (Å²) in [6, 6.07) is 6.15. The van der Waals surface area contributed by atoms with E-state index in [-0.39, 0.29) is 15.6 Å². The van der Waals surface area contributed by atoms with Gasteiger partial charge >= 0.3 is 0 Å². The van der Waals surface area contributed by atoms with E-state index >= 15 is 0 Å². The zero-order chi connectivity index (χ0) is 13.9. The van der Waals surface area contributed by atoms with Gasteiger partial charge in [-0.15, -0.1) is 0 Å². The van der Waals surface area contributed by atoms with E-state index in [9.17, 15) is 13.2 Å². The van der Waals surface area contributed by atoms with Crippen molar-refractivity contribution < 1.29 is 13.2 Å². The second-order valence-electron chi connectivity index (χ2n) is 3.92. The van der Waals surface area contributed by atoms with Gasteiger partial charge in [-0.3, -0.25) is 4.79 Å². The van der Waals surface area contributed by atoms with E-state index in [4.69, 9.17) is 0 Å². The number of hydrogen-bond acceptors (Lipinski definition) is 3. The number of hydrogen-bond donors (Lipinski definition) is 1. The normalized spacial score (nSPS) is 13.4. The summed E-state index contributed by atoms with van der Waals surface area (Å²) in [5.74, 6) is -0.227. The van der Waals surface area contributed by atoms with Gasteiger partial charge in [-0.1, -0.05) is 22.0 Å². The molecule has 0 spiro atoms. The Labute approximate surface area is 115 Å². The highest BCUT2D eigenvalue weighted by molar-refractivity contribution is 9.10. The molecule has 5 nitrogen and oxygen atoms in total. The van der Waals surface area contributed by atoms with E-state index < -0.39 is 10.0 Å². The minimum Gasteiger partial charge on any atom is -0.325 e. The number of anilines is 1. The predicted octanol–water partition coefficient (Wildman–Crippen LogP) is 1.66. The number of carbonyl (C=O) groups excluding carboxylic acids is 1. The zero-order valence-electron chi connectivity index (χ0n) is 10.3. The lowest BCUT2D eigenvalue weighted by Crippen LogP contribution is -2.23. The molecule has 0 aliphatic carbocycles. The SMILES string of the molecule is CC(Br)C(=O)Nc1cccc(S(=O)(=O)N(C)C)c1. The largest absolute Gasteiger partial charge is 0.325 e. The van der Waals surface area contributed by atoms with Gasteiger partial charge < -0.3 is 5.32 Å². The lowest BCUT2D eigenvalue weighted by Gasteiger charge is -2.13. The third-order valence-corrected chi connectivity index (χ3v) is 4.47. The van der Waals surface area contributed by atoms with Crippen molar-refractivity contribution in [1.29, 1.82) is 0 Å². The molecule has 0 aromatic heterocycles. The van der Waals surface area contributed by atoms with Crippen LogP contribution in [0.15, 0.2) is 29.2 Å². The smallest absolute Gasteiger partial charge is 0.242 e. The lowest BCUT2D eigenvalue weighted by atomic mass is 10.3. The van der Waals surface area contributed by atoms with Crippen LogP contribution in [0.1, 0.15) is 6.92 Å². The third-order valence-electron chi connectivity index (χ3n) is 2.24. The van der Waals surface area contributed by atoms with Gasteiger partial charge in [0, 0.05) is 19.8 Å². The molecule has 0 fully saturated rings. The van der Waals surface area contributed by atoms with Gasteiger partial charge in [-0.05, 0) is 25.1 Å². The van der Waals surface area contributed by atoms with Crippen LogP contribution in [0.3, 0.4) is 0 Å². The number of nitrogens with one attached hydrogen (secondary N) is 1. The van der Waals surface area contributed by atoms with Crippen molar-refractivity contribution in [3.05, 3.63) is 24.3 Å². The number of rotatable bonds is 4. The molecule has 1 N–H and O–H groups in total. The Kier molecular flexibility index (Phi) is 4.89. The quantitative estimate of drug-likeness (QED) is 0.851. The minimum absolute atomic E-state index is 0.146. The van der Waals surface area contributed by atoms with E-state index in [1.807, 2.05) is 0 Å². The molecule has 100 valence electrons. The monoisotopic (exact) mass is 334 g/mol. The van der Waals surface area contributed by atoms with Crippen molar-refractivity contribution in [2.24, 2.45) is 0 Å². The van der Waals surface area contributed by atoms with Crippen molar-refractivity contribution in [1.82, 2.24) is 4.31 Å². The van der Waals surface area contributed by atoms with Crippen molar-refractivity contribution >= 4 is 37.5 Å². The third kappa shape index (κ3) is 3.54. The average Bonchev–Trinajstić information content (AvgIpc) is 2.28. The van der Waals surface area contributed by atoms with E-state index in [0.29, 0.717) is 5.69 Å². The molecule has 1 amide bonds. The predicted molar refractivity (Wildman–Crippen MR) is 74.3 cm³/mol. The molecule has 1 aromatic carbocycles. The highest BCUT2D eigenvalue weighted by Gasteiger charge is 2.18. The summed E-state index contributed by atoms with van der Waals surface area (Å²) in [6.07, 6.45) is 0. The van der Waals surface area contributed by atoms with Crippen LogP contribution < -0.4 is 5.32 Å². The van der Waals surface area contributed by atoms with Crippen LogP contribution in [0.2, 0.25) is 0 Å². The molecule has 1 atom stereocenters. The molecule has 0 saturated carbocycles. The molecule has 0 bridgehead atoms. The summed E-state index contributed by atoms with van der Waals surface area (Å²) in [4.78, 5) is 11.3. The Balaban J connectivity index is 3.04. The van der Waals surface area contributed by atoms with E-state index in [1.54, 1.807) is 19.1 Å². The fourth-order valence-corrected chi connectivity index (χ4v) is 2.25. The summed E-state index contributed by atoms with van der Waals surface area (Å²) in [5.41, 5.74) is 0.453. The molecule has 1 unspecified atom stereocenters. The highest BCUT2D eigenvalue weighted by Crippen LogP contribution is 2.18. The topological polar surface area (TPSA) is 66.5 Å². The van der Waals surface area contributed by atoms with Crippen LogP contribution in [-0.4, -0.2) is 37.6 Å². The van der Waals surface area contributed by atoms with Crippen molar-refractivity contribution in [2.75, 3.05) is 19.4 Å². The van der Waals surface area contributed by atoms with Gasteiger partial charge in [-0.2, -0.15) is 0 Å². The first-order chi connectivity index (χ1) is 8.25. The Morgan fingerprint density at radius 3 is 2.50 bits per heavy atom. The molecule has 1 rings (SSSR count). The molecule has 0 heterocycles. The fraction of sp³-hybridized carbons (Fsp3) is 0.364. The number of sulfonamides is 1. The Bertz CT molecular complexity index is 541. The first-order valence-electron chi connectivity index (χ1n) is 5.22. The second-order valence-corrected chi connectivity index (χ2v) is 7.45. The highest BCUT2D eigenvalue weighted by atomic mass is 79.9. The van der Waals surface area contributed by atoms with Crippen LogP contribution in [0.4, 0.5) is 5.69 Å². The van der Waals surface area contributed by atoms with Crippen LogP contribution >= 0.6 is 15.9 Å². The molecule has 0 aliphatic heterocycles. The van der Waals surface area contributed by atoms with Crippen LogP contribution in [0, 0.1) is 0 Å². The van der Waals surface area contributed by atoms with Crippen LogP contribution in [0.5, 0.6) is 0 Å². The number of alkyl halides is 1. The number of carbonyl (C=O) groups is 1. The van der Waals surface area contributed by atoms with Gasteiger partial charge in [0.05, 0.1) is 9.72 Å². The molecule has 7 heteroatoms. The number of halogens is 1. The number of benzene rings is 1. The Hall–Kier alpha value is -0.920. The van der Waals surface area contributed by atoms with Gasteiger partial charge in [0.2, 0.25) is 15.9 Å². The number of nitrogens with zero attached hydrogens (tertiary/aromatic N) is 1. The molecule has 18 heavy (non-hydrogen) atoms. The van der Waals surface area contributed by atoms with Crippen LogP contribution in [-0.2, 0) is 14.8 Å². The Morgan fingerprint density at radius 2 is 2.00 bits per heavy atom. The maximum Gasteiger partial charge on any atom is 0.242 e. The zero-order valence-corrected chi connectivity index (χ0v) is 12.7. The van der Waals surface area contributed by atoms with Crippen molar-refractivity contribution in [2.45, 2.75) is 16.6 Å². The van der Waals surface area contributed by atoms with Crippen molar-refractivity contribution in [3.8, 4) is 0 Å². The van der Waals surface area contributed by atoms with Crippen molar-refractivity contribution in [3.63, 3.8) is 0 Å². The molecular weight excluding hydrogens is 320 g/mol. The molecule has 1 aromatic rings. The standard InChI is InChI=1S/C11H15BrN2O3S/c1-8(12)11(15)13-9-5-4-6-10(7-9)18(16,17)14(2)3/h4-8H,1-3H3,(H,13,15).